The summed E-state index contributed by atoms with van der Waals surface area (Å²) >= 11 is 0. The summed E-state index contributed by atoms with van der Waals surface area (Å²) in [5, 5.41) is 0. The first-order valence-corrected chi connectivity index (χ1v) is 9.68. The van der Waals surface area contributed by atoms with Gasteiger partial charge in [-0.15, -0.1) is 0 Å². The van der Waals surface area contributed by atoms with Crippen molar-refractivity contribution in [3.63, 3.8) is 0 Å². The van der Waals surface area contributed by atoms with Crippen molar-refractivity contribution in [1.29, 1.82) is 0 Å². The van der Waals surface area contributed by atoms with Crippen molar-refractivity contribution in [2.24, 2.45) is 5.92 Å². The van der Waals surface area contributed by atoms with Crippen molar-refractivity contribution in [1.82, 2.24) is 0 Å². The molecular formula is C22H32NO2+. The molecule has 0 aromatic heterocycles. The van der Waals surface area contributed by atoms with Gasteiger partial charge in [0.05, 0.1) is 19.2 Å². The summed E-state index contributed by atoms with van der Waals surface area (Å²) in [6.07, 6.45) is 2.10. The van der Waals surface area contributed by atoms with Gasteiger partial charge in [-0.2, -0.15) is 0 Å². The Kier molecular flexibility index (Phi) is 5.14. The Balaban J connectivity index is 1.83. The van der Waals surface area contributed by atoms with Crippen LogP contribution in [0.3, 0.4) is 0 Å². The van der Waals surface area contributed by atoms with Crippen LogP contribution in [0.25, 0.3) is 0 Å². The molecule has 0 amide bonds. The number of quaternary nitrogens is 1. The molecule has 0 spiro atoms. The first kappa shape index (κ1) is 18.3. The van der Waals surface area contributed by atoms with E-state index >= 15 is 0 Å². The fourth-order valence-corrected chi connectivity index (χ4v) is 4.11. The zero-order valence-electron chi connectivity index (χ0n) is 16.3. The van der Waals surface area contributed by atoms with Gasteiger partial charge in [0.25, 0.3) is 0 Å². The van der Waals surface area contributed by atoms with Gasteiger partial charge < -0.3 is 14.4 Å². The number of nitrogens with one attached hydrogen (secondary N) is 1. The fourth-order valence-electron chi connectivity index (χ4n) is 4.11. The molecule has 0 aliphatic carbocycles. The summed E-state index contributed by atoms with van der Waals surface area (Å²) in [5.41, 5.74) is 0.599. The highest BCUT2D eigenvalue weighted by atomic mass is 16.5. The number of ether oxygens (including phenoxy) is 2. The van der Waals surface area contributed by atoms with E-state index in [1.54, 1.807) is 0 Å². The second-order valence-electron chi connectivity index (χ2n) is 8.09. The number of hydrogen-bond donors (Lipinski definition) is 1. The van der Waals surface area contributed by atoms with Crippen LogP contribution in [0.15, 0.2) is 24.3 Å². The molecular weight excluding hydrogens is 310 g/mol. The lowest BCUT2D eigenvalue weighted by molar-refractivity contribution is -0.889. The van der Waals surface area contributed by atoms with Gasteiger partial charge in [-0.25, -0.2) is 0 Å². The molecule has 2 heterocycles. The average Bonchev–Trinajstić information content (AvgIpc) is 2.58. The summed E-state index contributed by atoms with van der Waals surface area (Å²) in [7, 11) is 0. The van der Waals surface area contributed by atoms with Crippen LogP contribution in [0, 0.1) is 17.8 Å². The maximum absolute atomic E-state index is 6.63. The molecule has 25 heavy (non-hydrogen) atoms. The number of rotatable bonds is 3. The van der Waals surface area contributed by atoms with E-state index in [0.29, 0.717) is 5.92 Å². The van der Waals surface area contributed by atoms with Crippen LogP contribution < -0.4 is 9.64 Å². The molecule has 1 aromatic rings. The number of hydrogen-bond acceptors (Lipinski definition) is 2. The van der Waals surface area contributed by atoms with Gasteiger partial charge in [0.2, 0.25) is 0 Å². The van der Waals surface area contributed by atoms with Crippen LogP contribution in [-0.2, 0) is 4.74 Å². The van der Waals surface area contributed by atoms with Gasteiger partial charge in [-0.05, 0) is 59.4 Å². The lowest BCUT2D eigenvalue weighted by Gasteiger charge is -2.50. The van der Waals surface area contributed by atoms with Gasteiger partial charge in [0, 0.05) is 11.5 Å². The quantitative estimate of drug-likeness (QED) is 0.854. The third-order valence-electron chi connectivity index (χ3n) is 5.87. The lowest BCUT2D eigenvalue weighted by Crippen LogP contribution is -3.11. The highest BCUT2D eigenvalue weighted by Gasteiger charge is 2.49. The lowest BCUT2D eigenvalue weighted by atomic mass is 9.73. The van der Waals surface area contributed by atoms with E-state index < -0.39 is 0 Å². The second kappa shape index (κ2) is 7.02. The molecule has 136 valence electrons. The minimum Gasteiger partial charge on any atom is -0.487 e. The Labute approximate surface area is 152 Å². The van der Waals surface area contributed by atoms with Gasteiger partial charge in [0.15, 0.2) is 0 Å². The zero-order chi connectivity index (χ0) is 18.1. The smallest absolute Gasteiger partial charge is 0.139 e. The standard InChI is InChI=1S/C22H31NO2/c1-6-23(7-2)16-10-14-22(5)15-13-18-20(25-22)17-11-8-9-12-19(17)24-21(18,3)4/h8-9,11-12,18,20H,6-7,13,15-16H2,1-5H3/p+1/t18-,20+,22+/m1/s1. The number of para-hydroxylation sites is 1. The summed E-state index contributed by atoms with van der Waals surface area (Å²) in [5.74, 6) is 8.17. The largest absolute Gasteiger partial charge is 0.487 e. The Bertz CT molecular complexity index is 668. The second-order valence-corrected chi connectivity index (χ2v) is 8.09. The van der Waals surface area contributed by atoms with E-state index in [0.717, 1.165) is 38.2 Å². The summed E-state index contributed by atoms with van der Waals surface area (Å²) in [4.78, 5) is 1.52. The van der Waals surface area contributed by atoms with Gasteiger partial charge in [-0.1, -0.05) is 24.1 Å². The van der Waals surface area contributed by atoms with E-state index in [1.165, 1.54) is 10.5 Å². The molecule has 1 fully saturated rings. The van der Waals surface area contributed by atoms with Gasteiger partial charge >= 0.3 is 0 Å². The van der Waals surface area contributed by atoms with E-state index in [1.807, 2.05) is 6.07 Å². The normalized spacial score (nSPS) is 29.8. The molecule has 3 nitrogen and oxygen atoms in total. The van der Waals surface area contributed by atoms with Crippen LogP contribution >= 0.6 is 0 Å². The van der Waals surface area contributed by atoms with E-state index in [-0.39, 0.29) is 17.3 Å². The predicted octanol–water partition coefficient (Wildman–Crippen LogP) is 3.01. The number of benzene rings is 1. The van der Waals surface area contributed by atoms with Crippen LogP contribution in [0.5, 0.6) is 5.75 Å². The molecule has 3 rings (SSSR count). The molecule has 3 atom stereocenters. The molecule has 2 aliphatic heterocycles. The van der Waals surface area contributed by atoms with Crippen molar-refractivity contribution in [2.45, 2.75) is 64.8 Å². The summed E-state index contributed by atoms with van der Waals surface area (Å²) < 4.78 is 12.9. The van der Waals surface area contributed by atoms with Crippen molar-refractivity contribution < 1.29 is 14.4 Å². The van der Waals surface area contributed by atoms with E-state index in [4.69, 9.17) is 9.47 Å². The fraction of sp³-hybridized carbons (Fsp3) is 0.636. The van der Waals surface area contributed by atoms with Crippen molar-refractivity contribution >= 4 is 0 Å². The van der Waals surface area contributed by atoms with Crippen LogP contribution in [-0.4, -0.2) is 30.8 Å². The first-order chi connectivity index (χ1) is 11.9. The Morgan fingerprint density at radius 2 is 1.88 bits per heavy atom. The van der Waals surface area contributed by atoms with Crippen LogP contribution in [0.1, 0.15) is 59.1 Å². The SMILES string of the molecule is CC[NH+](CC)CC#C[C@@]1(C)CC[C@@H]2[C@@H](O1)c1ccccc1OC2(C)C. The van der Waals surface area contributed by atoms with Gasteiger partial charge in [-0.3, -0.25) is 0 Å². The van der Waals surface area contributed by atoms with Gasteiger partial charge in [0.1, 0.15) is 23.5 Å². The van der Waals surface area contributed by atoms with E-state index in [2.05, 4.69) is 64.7 Å². The minimum atomic E-state index is -0.367. The highest BCUT2D eigenvalue weighted by molar-refractivity contribution is 5.39. The highest BCUT2D eigenvalue weighted by Crippen LogP contribution is 2.52. The Morgan fingerprint density at radius 3 is 2.60 bits per heavy atom. The topological polar surface area (TPSA) is 22.9 Å². The van der Waals surface area contributed by atoms with Crippen LogP contribution in [0.4, 0.5) is 0 Å². The third-order valence-corrected chi connectivity index (χ3v) is 5.87. The van der Waals surface area contributed by atoms with Crippen molar-refractivity contribution in [3.05, 3.63) is 29.8 Å². The molecule has 3 heteroatoms. The number of fused-ring (bicyclic) bond motifs is 3. The molecule has 0 unspecified atom stereocenters. The molecule has 0 saturated carbocycles. The molecule has 1 aromatic carbocycles. The van der Waals surface area contributed by atoms with Crippen LogP contribution in [0.2, 0.25) is 0 Å². The Morgan fingerprint density at radius 1 is 1.16 bits per heavy atom. The van der Waals surface area contributed by atoms with E-state index in [9.17, 15) is 0 Å². The van der Waals surface area contributed by atoms with Crippen molar-refractivity contribution in [2.75, 3.05) is 19.6 Å². The molecule has 1 N–H and O–H groups in total. The minimum absolute atomic E-state index is 0.0637. The first-order valence-electron chi connectivity index (χ1n) is 9.68. The molecule has 2 aliphatic rings. The summed E-state index contributed by atoms with van der Waals surface area (Å²) in [6, 6.07) is 8.30. The maximum Gasteiger partial charge on any atom is 0.139 e. The maximum atomic E-state index is 6.63. The molecule has 0 bridgehead atoms. The average molecular weight is 343 g/mol. The molecule has 1 saturated heterocycles. The van der Waals surface area contributed by atoms with Crippen molar-refractivity contribution in [3.8, 4) is 17.6 Å². The zero-order valence-corrected chi connectivity index (χ0v) is 16.3. The molecule has 0 radical (unpaired) electrons. The monoisotopic (exact) mass is 342 g/mol. The predicted molar refractivity (Wildman–Crippen MR) is 101 cm³/mol. The third kappa shape index (κ3) is 3.71. The summed E-state index contributed by atoms with van der Waals surface area (Å²) in [6.45, 7) is 14.1. The Hall–Kier alpha value is -1.50.